The third-order valence-electron chi connectivity index (χ3n) is 5.74. The van der Waals surface area contributed by atoms with E-state index in [0.29, 0.717) is 41.1 Å². The highest BCUT2D eigenvalue weighted by Crippen LogP contribution is 2.31. The number of ether oxygens (including phenoxy) is 3. The molecule has 186 valence electrons. The van der Waals surface area contributed by atoms with Gasteiger partial charge in [0.1, 0.15) is 11.8 Å². The van der Waals surface area contributed by atoms with Gasteiger partial charge in [-0.15, -0.1) is 0 Å². The van der Waals surface area contributed by atoms with Crippen molar-refractivity contribution in [2.75, 3.05) is 20.8 Å². The van der Waals surface area contributed by atoms with Crippen molar-refractivity contribution < 1.29 is 19.0 Å². The number of amides is 1. The Morgan fingerprint density at radius 3 is 2.43 bits per heavy atom. The summed E-state index contributed by atoms with van der Waals surface area (Å²) in [6.45, 7) is 8.39. The number of piperidine rings is 1. The number of rotatable bonds is 6. The third-order valence-corrected chi connectivity index (χ3v) is 5.74. The fraction of sp³-hybridized carbons (Fsp3) is 0.423. The third kappa shape index (κ3) is 5.85. The van der Waals surface area contributed by atoms with E-state index in [1.54, 1.807) is 43.9 Å². The van der Waals surface area contributed by atoms with Crippen LogP contribution in [-0.4, -0.2) is 63.7 Å². The van der Waals surface area contributed by atoms with Gasteiger partial charge < -0.3 is 19.1 Å². The van der Waals surface area contributed by atoms with Crippen LogP contribution in [0.5, 0.6) is 17.5 Å². The summed E-state index contributed by atoms with van der Waals surface area (Å²) in [5.41, 5.74) is 1.74. The van der Waals surface area contributed by atoms with Crippen molar-refractivity contribution in [3.8, 4) is 29.0 Å². The van der Waals surface area contributed by atoms with Crippen molar-refractivity contribution in [2.45, 2.75) is 52.7 Å². The molecule has 3 aromatic heterocycles. The number of nitrogens with zero attached hydrogens (tertiary/aromatic N) is 5. The Bertz CT molecular complexity index is 1130. The molecule has 2 atom stereocenters. The average molecular weight is 480 g/mol. The number of hydrogen-bond acceptors (Lipinski definition) is 8. The van der Waals surface area contributed by atoms with Crippen molar-refractivity contribution >= 4 is 5.91 Å². The topological polar surface area (TPSA) is 99.6 Å². The maximum absolute atomic E-state index is 13.7. The minimum atomic E-state index is -0.212. The smallest absolute Gasteiger partial charge is 0.257 e. The highest BCUT2D eigenvalue weighted by molar-refractivity contribution is 5.99. The molecule has 1 saturated heterocycles. The molecule has 1 aliphatic rings. The monoisotopic (exact) mass is 479 g/mol. The van der Waals surface area contributed by atoms with E-state index in [9.17, 15) is 4.79 Å². The summed E-state index contributed by atoms with van der Waals surface area (Å²) in [6, 6.07) is 7.00. The molecule has 4 rings (SSSR count). The summed E-state index contributed by atoms with van der Waals surface area (Å²) >= 11 is 0. The Morgan fingerprint density at radius 2 is 1.74 bits per heavy atom. The van der Waals surface area contributed by atoms with Crippen LogP contribution in [0.1, 0.15) is 49.5 Å². The zero-order valence-corrected chi connectivity index (χ0v) is 21.2. The van der Waals surface area contributed by atoms with Crippen LogP contribution in [0.2, 0.25) is 0 Å². The summed E-state index contributed by atoms with van der Waals surface area (Å²) in [7, 11) is 3.13. The van der Waals surface area contributed by atoms with E-state index in [-0.39, 0.29) is 18.1 Å². The number of carbonyl (C=O) groups excluding carboxylic acids is 1. The number of methoxy groups -OCH3 is 2. The van der Waals surface area contributed by atoms with E-state index in [1.807, 2.05) is 38.7 Å². The molecule has 0 radical (unpaired) electrons. The molecule has 35 heavy (non-hydrogen) atoms. The molecule has 0 aliphatic carbocycles. The molecular weight excluding hydrogens is 446 g/mol. The molecule has 0 spiro atoms. The number of hydrogen-bond donors (Lipinski definition) is 0. The lowest BCUT2D eigenvalue weighted by molar-refractivity contribution is 0.0365. The molecule has 0 aromatic carbocycles. The summed E-state index contributed by atoms with van der Waals surface area (Å²) in [5.74, 6) is 1.65. The van der Waals surface area contributed by atoms with Gasteiger partial charge in [0.05, 0.1) is 26.3 Å². The lowest BCUT2D eigenvalue weighted by atomic mass is 9.99. The van der Waals surface area contributed by atoms with Gasteiger partial charge in [-0.05, 0) is 50.5 Å². The fourth-order valence-corrected chi connectivity index (χ4v) is 3.94. The average Bonchev–Trinajstić information content (AvgIpc) is 2.91. The van der Waals surface area contributed by atoms with Gasteiger partial charge in [0.2, 0.25) is 5.88 Å². The number of likely N-dealkylation sites (tertiary alicyclic amines) is 1. The maximum atomic E-state index is 13.7. The first-order chi connectivity index (χ1) is 17.0. The molecule has 9 nitrogen and oxygen atoms in total. The molecule has 1 amide bonds. The minimum Gasteiger partial charge on any atom is -0.491 e. The van der Waals surface area contributed by atoms with Crippen LogP contribution in [0.25, 0.3) is 11.5 Å². The van der Waals surface area contributed by atoms with Gasteiger partial charge in [-0.25, -0.2) is 19.9 Å². The Kier molecular flexibility index (Phi) is 8.94. The summed E-state index contributed by atoms with van der Waals surface area (Å²) in [4.78, 5) is 32.9. The Balaban J connectivity index is 0.00000167. The van der Waals surface area contributed by atoms with Crippen LogP contribution in [0, 0.1) is 6.92 Å². The summed E-state index contributed by atoms with van der Waals surface area (Å²) < 4.78 is 16.9. The lowest BCUT2D eigenvalue weighted by Crippen LogP contribution is -2.49. The van der Waals surface area contributed by atoms with Gasteiger partial charge in [-0.1, -0.05) is 13.8 Å². The highest BCUT2D eigenvalue weighted by atomic mass is 16.5. The van der Waals surface area contributed by atoms with E-state index in [1.165, 1.54) is 7.11 Å². The molecular formula is C26H33N5O4. The normalized spacial score (nSPS) is 17.1. The number of pyridine rings is 2. The number of aryl methyl sites for hydroxylation is 1. The molecule has 3 aromatic rings. The first-order valence-corrected chi connectivity index (χ1v) is 11.8. The minimum absolute atomic E-state index is 0.0383. The second-order valence-corrected chi connectivity index (χ2v) is 7.91. The molecule has 1 fully saturated rings. The van der Waals surface area contributed by atoms with E-state index in [2.05, 4.69) is 19.9 Å². The summed E-state index contributed by atoms with van der Waals surface area (Å²) in [5, 5.41) is 0. The van der Waals surface area contributed by atoms with Crippen LogP contribution >= 0.6 is 0 Å². The van der Waals surface area contributed by atoms with Crippen molar-refractivity contribution in [3.63, 3.8) is 0 Å². The highest BCUT2D eigenvalue weighted by Gasteiger charge is 2.33. The van der Waals surface area contributed by atoms with Gasteiger partial charge in [-0.3, -0.25) is 4.79 Å². The number of aromatic nitrogens is 4. The SMILES string of the molecule is CC.COc1ccc(C(=O)N2C[C@H](Oc3nccc(C)c3OC)CC[C@H]2C)c(-c2ncccn2)n1. The molecule has 0 N–H and O–H groups in total. The van der Waals surface area contributed by atoms with Crippen LogP contribution in [0.15, 0.2) is 42.9 Å². The standard InChI is InChI=1S/C24H27N5O4.C2H6/c1-15-10-13-27-23(21(15)32-4)33-17-7-6-16(2)29(14-17)24(30)18-8-9-19(31-3)28-20(18)22-25-11-5-12-26-22;1-2/h5,8-13,16-17H,6-7,14H2,1-4H3;1-2H3/t16-,17-;/m1./s1. The fourth-order valence-electron chi connectivity index (χ4n) is 3.94. The van der Waals surface area contributed by atoms with Crippen LogP contribution in [0.3, 0.4) is 0 Å². The molecule has 0 saturated carbocycles. The van der Waals surface area contributed by atoms with Gasteiger partial charge in [0.25, 0.3) is 11.8 Å². The first kappa shape index (κ1) is 25.9. The predicted octanol–water partition coefficient (Wildman–Crippen LogP) is 4.36. The lowest BCUT2D eigenvalue weighted by Gasteiger charge is -2.38. The van der Waals surface area contributed by atoms with Crippen LogP contribution in [-0.2, 0) is 0 Å². The van der Waals surface area contributed by atoms with Gasteiger partial charge in [-0.2, -0.15) is 0 Å². The van der Waals surface area contributed by atoms with Crippen molar-refractivity contribution in [3.05, 3.63) is 54.0 Å². The molecule has 1 aliphatic heterocycles. The quantitative estimate of drug-likeness (QED) is 0.514. The number of carbonyl (C=O) groups is 1. The van der Waals surface area contributed by atoms with E-state index >= 15 is 0 Å². The zero-order valence-electron chi connectivity index (χ0n) is 21.2. The second-order valence-electron chi connectivity index (χ2n) is 7.91. The van der Waals surface area contributed by atoms with E-state index in [4.69, 9.17) is 14.2 Å². The molecule has 9 heteroatoms. The summed E-state index contributed by atoms with van der Waals surface area (Å²) in [6.07, 6.45) is 6.32. The van der Waals surface area contributed by atoms with Gasteiger partial charge >= 0.3 is 0 Å². The first-order valence-electron chi connectivity index (χ1n) is 11.8. The molecule has 4 heterocycles. The second kappa shape index (κ2) is 12.1. The Morgan fingerprint density at radius 1 is 1.00 bits per heavy atom. The Hall–Kier alpha value is -3.75. The van der Waals surface area contributed by atoms with Crippen LogP contribution in [0.4, 0.5) is 0 Å². The predicted molar refractivity (Wildman–Crippen MR) is 133 cm³/mol. The zero-order chi connectivity index (χ0) is 25.4. The van der Waals surface area contributed by atoms with Crippen molar-refractivity contribution in [1.29, 1.82) is 0 Å². The van der Waals surface area contributed by atoms with Crippen LogP contribution < -0.4 is 14.2 Å². The molecule has 0 unspecified atom stereocenters. The Labute approximate surface area is 206 Å². The van der Waals surface area contributed by atoms with Gasteiger partial charge in [0.15, 0.2) is 11.6 Å². The van der Waals surface area contributed by atoms with Crippen molar-refractivity contribution in [1.82, 2.24) is 24.8 Å². The van der Waals surface area contributed by atoms with Gasteiger partial charge in [0, 0.05) is 30.7 Å². The maximum Gasteiger partial charge on any atom is 0.257 e. The largest absolute Gasteiger partial charge is 0.491 e. The van der Waals surface area contributed by atoms with E-state index < -0.39 is 0 Å². The van der Waals surface area contributed by atoms with E-state index in [0.717, 1.165) is 18.4 Å². The van der Waals surface area contributed by atoms with Crippen molar-refractivity contribution in [2.24, 2.45) is 0 Å². The molecule has 0 bridgehead atoms.